The van der Waals surface area contributed by atoms with Crippen molar-refractivity contribution >= 4 is 19.6 Å². The lowest BCUT2D eigenvalue weighted by Gasteiger charge is -2.23. The molecule has 0 unspecified atom stereocenters. The minimum Gasteiger partial charge on any atom is -0.471 e. The van der Waals surface area contributed by atoms with Gasteiger partial charge in [-0.3, -0.25) is 0 Å². The summed E-state index contributed by atoms with van der Waals surface area (Å²) in [6.45, 7) is 20.5. The Morgan fingerprint density at radius 2 is 1.58 bits per heavy atom. The zero-order valence-electron chi connectivity index (χ0n) is 17.9. The van der Waals surface area contributed by atoms with Crippen LogP contribution in [0.1, 0.15) is 67.9 Å². The summed E-state index contributed by atoms with van der Waals surface area (Å²) in [5.74, 6) is 0.530. The van der Waals surface area contributed by atoms with Gasteiger partial charge in [0, 0.05) is 6.20 Å². The third-order valence-corrected chi connectivity index (χ3v) is 4.16. The minimum absolute atomic E-state index is 0.325. The molecule has 0 radical (unpaired) electrons. The van der Waals surface area contributed by atoms with Crippen molar-refractivity contribution in [3.05, 3.63) is 29.0 Å². The molecule has 0 saturated heterocycles. The summed E-state index contributed by atoms with van der Waals surface area (Å²) < 4.78 is 11.9. The maximum Gasteiger partial charge on any atom is 0.320 e. The van der Waals surface area contributed by atoms with E-state index in [0.29, 0.717) is 11.9 Å². The van der Waals surface area contributed by atoms with Crippen LogP contribution in [0, 0.1) is 0 Å². The lowest BCUT2D eigenvalue weighted by Crippen LogP contribution is -2.26. The Hall–Kier alpha value is -1.67. The van der Waals surface area contributed by atoms with Crippen molar-refractivity contribution in [2.24, 2.45) is 0 Å². The van der Waals surface area contributed by atoms with E-state index < -0.39 is 0 Å². The zero-order valence-corrected chi connectivity index (χ0v) is 18.8. The summed E-state index contributed by atoms with van der Waals surface area (Å²) in [5.41, 5.74) is 2.63. The van der Waals surface area contributed by atoms with E-state index in [1.165, 1.54) is 24.6 Å². The van der Waals surface area contributed by atoms with Crippen molar-refractivity contribution in [1.82, 2.24) is 9.97 Å². The number of hydrogen-bond acceptors (Lipinski definition) is 4. The van der Waals surface area contributed by atoms with Crippen LogP contribution in [-0.4, -0.2) is 33.1 Å². The monoisotopic (exact) mass is 376 g/mol. The van der Waals surface area contributed by atoms with Crippen LogP contribution in [0.2, 0.25) is 0 Å². The highest BCUT2D eigenvalue weighted by Crippen LogP contribution is 2.26. The molecule has 0 spiro atoms. The van der Waals surface area contributed by atoms with Gasteiger partial charge < -0.3 is 9.47 Å². The second kappa shape index (κ2) is 8.81. The summed E-state index contributed by atoms with van der Waals surface area (Å²) in [5, 5.41) is 1.33. The predicted octanol–water partition coefficient (Wildman–Crippen LogP) is 5.95. The van der Waals surface area contributed by atoms with Gasteiger partial charge in [0.15, 0.2) is 0 Å². The van der Waals surface area contributed by atoms with Crippen molar-refractivity contribution in [2.75, 3.05) is 6.66 Å². The molecule has 0 atom stereocenters. The quantitative estimate of drug-likeness (QED) is 0.470. The lowest BCUT2D eigenvalue weighted by molar-refractivity contribution is 0.103. The average molecular weight is 376 g/mol. The maximum absolute atomic E-state index is 6.06. The van der Waals surface area contributed by atoms with Gasteiger partial charge in [-0.15, -0.1) is 8.20 Å². The number of ether oxygens (including phenoxy) is 2. The highest BCUT2D eigenvalue weighted by molar-refractivity contribution is 7.40. The molecule has 5 heteroatoms. The normalized spacial score (nSPS) is 13.1. The minimum atomic E-state index is -0.363. The second-order valence-corrected chi connectivity index (χ2v) is 9.52. The molecule has 0 amide bonds. The summed E-state index contributed by atoms with van der Waals surface area (Å²) >= 11 is 0. The zero-order chi connectivity index (χ0) is 20.1. The fourth-order valence-corrected chi connectivity index (χ4v) is 2.65. The largest absolute Gasteiger partial charge is 0.471 e. The number of nitrogens with zero attached hydrogens (tertiary/aromatic N) is 2. The van der Waals surface area contributed by atoms with Gasteiger partial charge in [0.2, 0.25) is 5.88 Å². The average Bonchev–Trinajstić information content (AvgIpc) is 2.45. The van der Waals surface area contributed by atoms with E-state index in [-0.39, 0.29) is 11.2 Å². The first-order chi connectivity index (χ1) is 11.8. The highest BCUT2D eigenvalue weighted by Gasteiger charge is 2.19. The molecule has 0 aliphatic rings. The van der Waals surface area contributed by atoms with E-state index in [1.807, 2.05) is 47.6 Å². The molecule has 0 fully saturated rings. The van der Waals surface area contributed by atoms with Gasteiger partial charge in [-0.05, 0) is 85.9 Å². The van der Waals surface area contributed by atoms with Crippen molar-refractivity contribution < 1.29 is 9.47 Å². The number of hydrogen-bond donors (Lipinski definition) is 0. The van der Waals surface area contributed by atoms with Crippen LogP contribution in [0.5, 0.6) is 11.9 Å². The van der Waals surface area contributed by atoms with Crippen molar-refractivity contribution in [2.45, 2.75) is 73.5 Å². The Morgan fingerprint density at radius 1 is 1.00 bits per heavy atom. The fraction of sp³-hybridized carbons (Fsp3) is 0.571. The smallest absolute Gasteiger partial charge is 0.320 e. The second-order valence-electron chi connectivity index (χ2n) is 8.40. The SMILES string of the molecule is CP=C(C)C(C=Cc1cnc(OC(C)(C)C)nc1OC(C)(C)C)=C(C)C. The highest BCUT2D eigenvalue weighted by atomic mass is 31.1. The van der Waals surface area contributed by atoms with Crippen molar-refractivity contribution in [3.63, 3.8) is 0 Å². The van der Waals surface area contributed by atoms with E-state index in [2.05, 4.69) is 43.5 Å². The van der Waals surface area contributed by atoms with Crippen LogP contribution in [0.15, 0.2) is 23.4 Å². The van der Waals surface area contributed by atoms with Gasteiger partial charge in [0.25, 0.3) is 0 Å². The Balaban J connectivity index is 3.32. The molecule has 1 rings (SSSR count). The van der Waals surface area contributed by atoms with E-state index in [9.17, 15) is 0 Å². The fourth-order valence-electron chi connectivity index (χ4n) is 2.11. The molecule has 144 valence electrons. The first-order valence-electron chi connectivity index (χ1n) is 8.87. The molecule has 0 bridgehead atoms. The first kappa shape index (κ1) is 22.4. The van der Waals surface area contributed by atoms with Crippen molar-refractivity contribution in [1.29, 1.82) is 0 Å². The lowest BCUT2D eigenvalue weighted by atomic mass is 10.1. The molecule has 0 aromatic carbocycles. The third kappa shape index (κ3) is 7.70. The summed E-state index contributed by atoms with van der Waals surface area (Å²) in [7, 11) is 1.26. The van der Waals surface area contributed by atoms with Crippen LogP contribution >= 0.6 is 8.20 Å². The Kier molecular flexibility index (Phi) is 7.58. The number of aromatic nitrogens is 2. The van der Waals surface area contributed by atoms with Gasteiger partial charge in [0.1, 0.15) is 11.2 Å². The van der Waals surface area contributed by atoms with Gasteiger partial charge in [0.05, 0.1) is 5.56 Å². The van der Waals surface area contributed by atoms with E-state index in [4.69, 9.17) is 9.47 Å². The summed E-state index contributed by atoms with van der Waals surface area (Å²) in [4.78, 5) is 8.85. The molecule has 0 aliphatic carbocycles. The molecule has 0 aliphatic heterocycles. The van der Waals surface area contributed by atoms with Crippen LogP contribution in [0.4, 0.5) is 0 Å². The van der Waals surface area contributed by atoms with E-state index >= 15 is 0 Å². The standard InChI is InChI=1S/C21H33N2O2P/c1-14(2)17(15(3)26-10)12-11-16-13-22-19(25-21(7,8)9)23-18(16)24-20(4,5)6/h11-13H,1-10H3. The van der Waals surface area contributed by atoms with Gasteiger partial charge in [-0.1, -0.05) is 11.6 Å². The number of allylic oxidation sites excluding steroid dienone is 3. The van der Waals surface area contributed by atoms with Gasteiger partial charge in [-0.25, -0.2) is 4.98 Å². The Bertz CT molecular complexity index is 717. The number of rotatable bonds is 5. The molecule has 1 aromatic rings. The third-order valence-electron chi connectivity index (χ3n) is 3.25. The van der Waals surface area contributed by atoms with Crippen LogP contribution < -0.4 is 9.47 Å². The van der Waals surface area contributed by atoms with E-state index in [1.54, 1.807) is 6.20 Å². The molecule has 4 nitrogen and oxygen atoms in total. The Labute approximate surface area is 160 Å². The van der Waals surface area contributed by atoms with Crippen LogP contribution in [0.3, 0.4) is 0 Å². The van der Waals surface area contributed by atoms with Gasteiger partial charge >= 0.3 is 6.01 Å². The first-order valence-corrected chi connectivity index (χ1v) is 10.2. The summed E-state index contributed by atoms with van der Waals surface area (Å²) in [6.07, 6.45) is 5.88. The van der Waals surface area contributed by atoms with Gasteiger partial charge in [-0.2, -0.15) is 4.98 Å². The van der Waals surface area contributed by atoms with Crippen LogP contribution in [0.25, 0.3) is 6.08 Å². The predicted molar refractivity (Wildman–Crippen MR) is 114 cm³/mol. The molecular weight excluding hydrogens is 343 g/mol. The van der Waals surface area contributed by atoms with Crippen molar-refractivity contribution in [3.8, 4) is 11.9 Å². The topological polar surface area (TPSA) is 44.2 Å². The van der Waals surface area contributed by atoms with E-state index in [0.717, 1.165) is 5.56 Å². The summed E-state index contributed by atoms with van der Waals surface area (Å²) in [6, 6.07) is 0.325. The maximum atomic E-state index is 6.06. The molecule has 1 aromatic heterocycles. The Morgan fingerprint density at radius 3 is 2.04 bits per heavy atom. The molecular formula is C21H33N2O2P. The molecule has 0 saturated carbocycles. The molecule has 0 N–H and O–H groups in total. The van der Waals surface area contributed by atoms with Crippen LogP contribution in [-0.2, 0) is 0 Å². The molecule has 1 heterocycles. The molecule has 26 heavy (non-hydrogen) atoms.